The molecule has 1 aromatic heterocycles. The number of rotatable bonds is 3. The number of carbonyl (C=O) groups excluding carboxylic acids is 1. The molecule has 0 saturated heterocycles. The molecule has 1 aliphatic carbocycles. The largest absolute Gasteiger partial charge is 0.380 e. The van der Waals surface area contributed by atoms with Crippen LogP contribution in [0.2, 0.25) is 5.15 Å². The summed E-state index contributed by atoms with van der Waals surface area (Å²) in [5.74, 6) is 0.492. The van der Waals surface area contributed by atoms with Gasteiger partial charge in [-0.2, -0.15) is 0 Å². The number of aliphatic hydroxyl groups is 1. The van der Waals surface area contributed by atoms with Crippen molar-refractivity contribution in [3.05, 3.63) is 17.2 Å². The number of carbonyl (C=O) groups is 1. The highest BCUT2D eigenvalue weighted by molar-refractivity contribution is 6.29. The Bertz CT molecular complexity index is 466. The molecule has 0 spiro atoms. The van der Waals surface area contributed by atoms with Gasteiger partial charge in [-0.15, -0.1) is 0 Å². The molecule has 6 heteroatoms. The van der Waals surface area contributed by atoms with Gasteiger partial charge in [0.2, 0.25) is 0 Å². The van der Waals surface area contributed by atoms with Crippen LogP contribution in [0.25, 0.3) is 0 Å². The molecule has 0 bridgehead atoms. The summed E-state index contributed by atoms with van der Waals surface area (Å²) in [7, 11) is 3.50. The molecule has 1 aromatic rings. The van der Waals surface area contributed by atoms with Gasteiger partial charge in [0.15, 0.2) is 0 Å². The van der Waals surface area contributed by atoms with Crippen LogP contribution >= 0.6 is 11.6 Å². The number of nitrogens with zero attached hydrogens (tertiary/aromatic N) is 3. The standard InChI is InChI=1S/C13H20ClN3O2/c1-16(9-11-15-8-10(14)17(11)2)12(18)13(19)6-4-3-5-7-13/h8,19H,3-7,9H2,1-2H3. The second kappa shape index (κ2) is 5.51. The molecule has 1 fully saturated rings. The van der Waals surface area contributed by atoms with Crippen molar-refractivity contribution in [2.45, 2.75) is 44.2 Å². The van der Waals surface area contributed by atoms with E-state index in [4.69, 9.17) is 11.6 Å². The highest BCUT2D eigenvalue weighted by Crippen LogP contribution is 2.29. The Morgan fingerprint density at radius 3 is 2.68 bits per heavy atom. The predicted octanol–water partition coefficient (Wildman–Crippen LogP) is 1.73. The van der Waals surface area contributed by atoms with E-state index in [1.807, 2.05) is 0 Å². The second-order valence-corrected chi connectivity index (χ2v) is 5.70. The van der Waals surface area contributed by atoms with Gasteiger partial charge in [0.25, 0.3) is 5.91 Å². The smallest absolute Gasteiger partial charge is 0.254 e. The van der Waals surface area contributed by atoms with E-state index in [0.717, 1.165) is 19.3 Å². The summed E-state index contributed by atoms with van der Waals surface area (Å²) in [5, 5.41) is 11.0. The van der Waals surface area contributed by atoms with Gasteiger partial charge in [-0.25, -0.2) is 4.98 Å². The molecule has 2 rings (SSSR count). The third-order valence-electron chi connectivity index (χ3n) is 3.83. The highest BCUT2D eigenvalue weighted by atomic mass is 35.5. The molecule has 0 aliphatic heterocycles. The van der Waals surface area contributed by atoms with Crippen molar-refractivity contribution < 1.29 is 9.90 Å². The SMILES string of the molecule is CN(Cc1ncc(Cl)n1C)C(=O)C1(O)CCCCC1. The minimum Gasteiger partial charge on any atom is -0.380 e. The topological polar surface area (TPSA) is 58.4 Å². The molecule has 106 valence electrons. The van der Waals surface area contributed by atoms with E-state index in [9.17, 15) is 9.90 Å². The lowest BCUT2D eigenvalue weighted by Gasteiger charge is -2.34. The first-order valence-corrected chi connectivity index (χ1v) is 6.96. The third kappa shape index (κ3) is 2.92. The van der Waals surface area contributed by atoms with Crippen LogP contribution in [0.15, 0.2) is 6.20 Å². The summed E-state index contributed by atoms with van der Waals surface area (Å²) in [4.78, 5) is 18.0. The molecule has 0 atom stereocenters. The number of imidazole rings is 1. The summed E-state index contributed by atoms with van der Waals surface area (Å²) < 4.78 is 1.73. The Morgan fingerprint density at radius 1 is 1.53 bits per heavy atom. The van der Waals surface area contributed by atoms with Gasteiger partial charge in [0.05, 0.1) is 12.7 Å². The summed E-state index contributed by atoms with van der Waals surface area (Å²) in [5.41, 5.74) is -1.19. The van der Waals surface area contributed by atoms with Crippen LogP contribution < -0.4 is 0 Å². The molecule has 0 unspecified atom stereocenters. The second-order valence-electron chi connectivity index (χ2n) is 5.31. The van der Waals surface area contributed by atoms with E-state index in [-0.39, 0.29) is 5.91 Å². The molecular weight excluding hydrogens is 266 g/mol. The van der Waals surface area contributed by atoms with Gasteiger partial charge in [-0.05, 0) is 12.8 Å². The number of aromatic nitrogens is 2. The minimum absolute atomic E-state index is 0.216. The zero-order valence-corrected chi connectivity index (χ0v) is 12.2. The van der Waals surface area contributed by atoms with Gasteiger partial charge < -0.3 is 14.6 Å². The van der Waals surface area contributed by atoms with Crippen LogP contribution in [0.5, 0.6) is 0 Å². The fraction of sp³-hybridized carbons (Fsp3) is 0.692. The number of likely N-dealkylation sites (N-methyl/N-ethyl adjacent to an activating group) is 1. The summed E-state index contributed by atoms with van der Waals surface area (Å²) in [6, 6.07) is 0. The fourth-order valence-electron chi connectivity index (χ4n) is 2.56. The lowest BCUT2D eigenvalue weighted by atomic mass is 9.84. The van der Waals surface area contributed by atoms with Crippen LogP contribution in [0.3, 0.4) is 0 Å². The zero-order valence-electron chi connectivity index (χ0n) is 11.4. The number of halogens is 1. The molecule has 1 heterocycles. The van der Waals surface area contributed by atoms with Gasteiger partial charge in [0.1, 0.15) is 16.6 Å². The Labute approximate surface area is 118 Å². The van der Waals surface area contributed by atoms with Crippen LogP contribution in [-0.2, 0) is 18.4 Å². The van der Waals surface area contributed by atoms with Gasteiger partial charge in [-0.3, -0.25) is 4.79 Å². The Morgan fingerprint density at radius 2 is 2.16 bits per heavy atom. The Kier molecular flexibility index (Phi) is 4.16. The zero-order chi connectivity index (χ0) is 14.0. The normalized spacial score (nSPS) is 18.3. The quantitative estimate of drug-likeness (QED) is 0.920. The Hall–Kier alpha value is -1.07. The molecular formula is C13H20ClN3O2. The molecule has 19 heavy (non-hydrogen) atoms. The average molecular weight is 286 g/mol. The number of hydrogen-bond acceptors (Lipinski definition) is 3. The lowest BCUT2D eigenvalue weighted by molar-refractivity contribution is -0.154. The van der Waals surface area contributed by atoms with Crippen molar-refractivity contribution in [2.75, 3.05) is 7.05 Å². The molecule has 1 amide bonds. The molecule has 0 aromatic carbocycles. The van der Waals surface area contributed by atoms with E-state index in [2.05, 4.69) is 4.98 Å². The first-order chi connectivity index (χ1) is 8.94. The predicted molar refractivity (Wildman–Crippen MR) is 72.7 cm³/mol. The van der Waals surface area contributed by atoms with E-state index in [1.54, 1.807) is 24.9 Å². The van der Waals surface area contributed by atoms with Crippen LogP contribution in [0.4, 0.5) is 0 Å². The summed E-state index contributed by atoms with van der Waals surface area (Å²) >= 11 is 5.92. The molecule has 1 aliphatic rings. The maximum absolute atomic E-state index is 12.3. The lowest BCUT2D eigenvalue weighted by Crippen LogP contribution is -2.48. The van der Waals surface area contributed by atoms with Crippen molar-refractivity contribution in [1.29, 1.82) is 0 Å². The monoisotopic (exact) mass is 285 g/mol. The summed E-state index contributed by atoms with van der Waals surface area (Å²) in [6.07, 6.45) is 5.57. The maximum atomic E-state index is 12.3. The van der Waals surface area contributed by atoms with Gasteiger partial charge >= 0.3 is 0 Å². The van der Waals surface area contributed by atoms with Crippen molar-refractivity contribution in [3.63, 3.8) is 0 Å². The van der Waals surface area contributed by atoms with Crippen molar-refractivity contribution in [3.8, 4) is 0 Å². The first kappa shape index (κ1) is 14.3. The summed E-state index contributed by atoms with van der Waals surface area (Å²) in [6.45, 7) is 0.352. The average Bonchev–Trinajstić information content (AvgIpc) is 2.70. The highest BCUT2D eigenvalue weighted by Gasteiger charge is 2.39. The van der Waals surface area contributed by atoms with Crippen molar-refractivity contribution >= 4 is 17.5 Å². The van der Waals surface area contributed by atoms with E-state index in [0.29, 0.717) is 30.4 Å². The third-order valence-corrected chi connectivity index (χ3v) is 4.18. The molecule has 5 nitrogen and oxygen atoms in total. The molecule has 1 saturated carbocycles. The first-order valence-electron chi connectivity index (χ1n) is 6.58. The number of amides is 1. The van der Waals surface area contributed by atoms with Crippen LogP contribution in [0.1, 0.15) is 37.9 Å². The van der Waals surface area contributed by atoms with E-state index in [1.165, 1.54) is 4.90 Å². The molecule has 0 radical (unpaired) electrons. The number of hydrogen-bond donors (Lipinski definition) is 1. The van der Waals surface area contributed by atoms with Gasteiger partial charge in [0, 0.05) is 14.1 Å². The van der Waals surface area contributed by atoms with Crippen molar-refractivity contribution in [1.82, 2.24) is 14.5 Å². The van der Waals surface area contributed by atoms with Crippen LogP contribution in [0, 0.1) is 0 Å². The van der Waals surface area contributed by atoms with E-state index < -0.39 is 5.60 Å². The minimum atomic E-state index is -1.19. The maximum Gasteiger partial charge on any atom is 0.254 e. The van der Waals surface area contributed by atoms with Crippen LogP contribution in [-0.4, -0.2) is 38.1 Å². The molecule has 1 N–H and O–H groups in total. The fourth-order valence-corrected chi connectivity index (χ4v) is 2.71. The van der Waals surface area contributed by atoms with Gasteiger partial charge in [-0.1, -0.05) is 30.9 Å². The van der Waals surface area contributed by atoms with E-state index >= 15 is 0 Å². The van der Waals surface area contributed by atoms with Crippen molar-refractivity contribution in [2.24, 2.45) is 7.05 Å². The Balaban J connectivity index is 2.05.